The van der Waals surface area contributed by atoms with Crippen molar-refractivity contribution in [3.8, 4) is 0 Å². The van der Waals surface area contributed by atoms with Gasteiger partial charge in [-0.3, -0.25) is 9.69 Å². The summed E-state index contributed by atoms with van der Waals surface area (Å²) >= 11 is 1.70. The van der Waals surface area contributed by atoms with Crippen LogP contribution in [0.5, 0.6) is 0 Å². The van der Waals surface area contributed by atoms with Crippen molar-refractivity contribution in [1.29, 1.82) is 0 Å². The number of fused-ring (bicyclic) bond motifs is 3. The van der Waals surface area contributed by atoms with Gasteiger partial charge in [-0.1, -0.05) is 30.3 Å². The molecule has 1 N–H and O–H groups in total. The van der Waals surface area contributed by atoms with E-state index in [2.05, 4.69) is 34.1 Å². The van der Waals surface area contributed by atoms with Gasteiger partial charge in [0.15, 0.2) is 0 Å². The Morgan fingerprint density at radius 3 is 2.89 bits per heavy atom. The van der Waals surface area contributed by atoms with E-state index in [1.165, 1.54) is 16.0 Å². The molecule has 3 heterocycles. The fourth-order valence-electron chi connectivity index (χ4n) is 4.44. The average Bonchev–Trinajstić information content (AvgIpc) is 3.39. The number of benzene rings is 1. The minimum Gasteiger partial charge on any atom is -0.377 e. The predicted molar refractivity (Wildman–Crippen MR) is 112 cm³/mol. The third-order valence-electron chi connectivity index (χ3n) is 5.73. The zero-order valence-corrected chi connectivity index (χ0v) is 16.8. The fourth-order valence-corrected chi connectivity index (χ4v) is 5.72. The Balaban J connectivity index is 1.41. The number of thiophene rings is 1. The van der Waals surface area contributed by atoms with Crippen LogP contribution in [0.15, 0.2) is 35.1 Å². The van der Waals surface area contributed by atoms with Crippen molar-refractivity contribution < 1.29 is 4.74 Å². The number of aryl methyl sites for hydroxylation is 2. The van der Waals surface area contributed by atoms with Crippen molar-refractivity contribution in [2.75, 3.05) is 13.2 Å². The van der Waals surface area contributed by atoms with Gasteiger partial charge in [0, 0.05) is 24.6 Å². The molecule has 1 aliphatic heterocycles. The summed E-state index contributed by atoms with van der Waals surface area (Å²) in [6.07, 6.45) is 5.76. The second kappa shape index (κ2) is 7.78. The standard InChI is InChI=1S/C22H25N3O2S/c26-21-20-17-9-4-10-18(17)28-22(20)24-19(23-21)14-25(13-16-8-5-11-27-16)12-15-6-2-1-3-7-15/h1-3,6-7,16H,4-5,8-14H2,(H,23,24,26). The molecule has 0 bridgehead atoms. The van der Waals surface area contributed by atoms with E-state index in [0.717, 1.165) is 67.8 Å². The first-order chi connectivity index (χ1) is 13.8. The van der Waals surface area contributed by atoms with Gasteiger partial charge in [0.2, 0.25) is 0 Å². The lowest BCUT2D eigenvalue weighted by Crippen LogP contribution is -2.32. The molecular formula is C22H25N3O2S. The van der Waals surface area contributed by atoms with Crippen LogP contribution in [0, 0.1) is 0 Å². The van der Waals surface area contributed by atoms with Gasteiger partial charge in [0.1, 0.15) is 10.7 Å². The first kappa shape index (κ1) is 18.0. The van der Waals surface area contributed by atoms with E-state index in [-0.39, 0.29) is 11.7 Å². The molecule has 3 aromatic rings. The Bertz CT molecular complexity index is 1020. The summed E-state index contributed by atoms with van der Waals surface area (Å²) in [5, 5.41) is 0.829. The topological polar surface area (TPSA) is 58.2 Å². The molecule has 1 saturated heterocycles. The van der Waals surface area contributed by atoms with Gasteiger partial charge in [0.05, 0.1) is 18.0 Å². The molecule has 0 saturated carbocycles. The van der Waals surface area contributed by atoms with Crippen LogP contribution in [0.3, 0.4) is 0 Å². The number of aromatic nitrogens is 2. The fraction of sp³-hybridized carbons (Fsp3) is 0.455. The molecule has 6 heteroatoms. The monoisotopic (exact) mass is 395 g/mol. The van der Waals surface area contributed by atoms with Crippen LogP contribution in [0.1, 0.15) is 41.1 Å². The first-order valence-corrected chi connectivity index (χ1v) is 11.0. The van der Waals surface area contributed by atoms with Crippen LogP contribution >= 0.6 is 11.3 Å². The van der Waals surface area contributed by atoms with Crippen LogP contribution < -0.4 is 5.56 Å². The number of ether oxygens (including phenoxy) is 1. The molecule has 28 heavy (non-hydrogen) atoms. The summed E-state index contributed by atoms with van der Waals surface area (Å²) in [6.45, 7) is 3.16. The molecule has 1 fully saturated rings. The molecule has 146 valence electrons. The minimum atomic E-state index is 0.0242. The second-order valence-corrected chi connectivity index (χ2v) is 8.92. The number of nitrogens with one attached hydrogen (secondary N) is 1. The predicted octanol–water partition coefficient (Wildman–Crippen LogP) is 3.65. The number of rotatable bonds is 6. The van der Waals surface area contributed by atoms with Gasteiger partial charge in [-0.15, -0.1) is 11.3 Å². The van der Waals surface area contributed by atoms with Gasteiger partial charge in [-0.05, 0) is 43.2 Å². The third kappa shape index (κ3) is 3.64. The van der Waals surface area contributed by atoms with Crippen molar-refractivity contribution in [2.45, 2.75) is 51.3 Å². The highest BCUT2D eigenvalue weighted by molar-refractivity contribution is 7.18. The van der Waals surface area contributed by atoms with Crippen molar-refractivity contribution in [3.63, 3.8) is 0 Å². The number of nitrogens with zero attached hydrogens (tertiary/aromatic N) is 2. The van der Waals surface area contributed by atoms with Gasteiger partial charge < -0.3 is 9.72 Å². The lowest BCUT2D eigenvalue weighted by molar-refractivity contribution is 0.0670. The normalized spacial score (nSPS) is 19.0. The quantitative estimate of drug-likeness (QED) is 0.692. The molecule has 2 aliphatic rings. The van der Waals surface area contributed by atoms with Crippen LogP contribution in [-0.4, -0.2) is 34.1 Å². The van der Waals surface area contributed by atoms with E-state index in [0.29, 0.717) is 6.54 Å². The van der Waals surface area contributed by atoms with Gasteiger partial charge in [-0.25, -0.2) is 4.98 Å². The lowest BCUT2D eigenvalue weighted by atomic mass is 10.2. The zero-order valence-electron chi connectivity index (χ0n) is 15.9. The van der Waals surface area contributed by atoms with Crippen LogP contribution in [0.2, 0.25) is 0 Å². The Hall–Kier alpha value is -2.02. The molecule has 1 unspecified atom stereocenters. The summed E-state index contributed by atoms with van der Waals surface area (Å²) in [4.78, 5) is 25.3. The lowest BCUT2D eigenvalue weighted by Gasteiger charge is -2.24. The van der Waals surface area contributed by atoms with Crippen molar-refractivity contribution >= 4 is 21.6 Å². The molecule has 0 amide bonds. The number of hydrogen-bond acceptors (Lipinski definition) is 5. The van der Waals surface area contributed by atoms with Crippen molar-refractivity contribution in [3.05, 3.63) is 62.5 Å². The first-order valence-electron chi connectivity index (χ1n) is 10.2. The van der Waals surface area contributed by atoms with E-state index in [9.17, 15) is 4.79 Å². The van der Waals surface area contributed by atoms with Gasteiger partial charge in [0.25, 0.3) is 5.56 Å². The maximum atomic E-state index is 12.8. The zero-order chi connectivity index (χ0) is 18.9. The summed E-state index contributed by atoms with van der Waals surface area (Å²) in [7, 11) is 0. The van der Waals surface area contributed by atoms with Crippen LogP contribution in [0.4, 0.5) is 0 Å². The molecule has 1 atom stereocenters. The third-order valence-corrected chi connectivity index (χ3v) is 6.92. The van der Waals surface area contributed by atoms with Crippen LogP contribution in [0.25, 0.3) is 10.2 Å². The average molecular weight is 396 g/mol. The maximum absolute atomic E-state index is 12.8. The summed E-state index contributed by atoms with van der Waals surface area (Å²) < 4.78 is 5.86. The summed E-state index contributed by atoms with van der Waals surface area (Å²) in [5.74, 6) is 0.756. The summed E-state index contributed by atoms with van der Waals surface area (Å²) in [6, 6.07) is 10.5. The Kier molecular flexibility index (Phi) is 5.01. The Morgan fingerprint density at radius 1 is 1.18 bits per heavy atom. The van der Waals surface area contributed by atoms with Crippen molar-refractivity contribution in [1.82, 2.24) is 14.9 Å². The Morgan fingerprint density at radius 2 is 2.07 bits per heavy atom. The molecule has 5 nitrogen and oxygen atoms in total. The van der Waals surface area contributed by atoms with E-state index < -0.39 is 0 Å². The minimum absolute atomic E-state index is 0.0242. The van der Waals surface area contributed by atoms with E-state index in [1.54, 1.807) is 11.3 Å². The highest BCUT2D eigenvalue weighted by Crippen LogP contribution is 2.34. The molecule has 1 aromatic carbocycles. The highest BCUT2D eigenvalue weighted by atomic mass is 32.1. The molecule has 5 rings (SSSR count). The number of H-pyrrole nitrogens is 1. The number of aromatic amines is 1. The summed E-state index contributed by atoms with van der Waals surface area (Å²) in [5.41, 5.74) is 2.52. The van der Waals surface area contributed by atoms with Crippen molar-refractivity contribution in [2.24, 2.45) is 0 Å². The highest BCUT2D eigenvalue weighted by Gasteiger charge is 2.23. The van der Waals surface area contributed by atoms with Crippen LogP contribution in [-0.2, 0) is 30.7 Å². The SMILES string of the molecule is O=c1[nH]c(CN(Cc2ccccc2)CC2CCCO2)nc2sc3c(c12)CCC3. The second-order valence-electron chi connectivity index (χ2n) is 7.84. The van der Waals surface area contributed by atoms with Gasteiger partial charge in [-0.2, -0.15) is 0 Å². The van der Waals surface area contributed by atoms with E-state index in [4.69, 9.17) is 9.72 Å². The smallest absolute Gasteiger partial charge is 0.259 e. The molecular weight excluding hydrogens is 370 g/mol. The van der Waals surface area contributed by atoms with E-state index >= 15 is 0 Å². The Labute approximate surface area is 168 Å². The largest absolute Gasteiger partial charge is 0.377 e. The molecule has 0 radical (unpaired) electrons. The molecule has 0 spiro atoms. The molecule has 2 aromatic heterocycles. The van der Waals surface area contributed by atoms with E-state index in [1.807, 2.05) is 6.07 Å². The molecule has 1 aliphatic carbocycles. The maximum Gasteiger partial charge on any atom is 0.259 e. The number of hydrogen-bond donors (Lipinski definition) is 1. The van der Waals surface area contributed by atoms with Gasteiger partial charge >= 0.3 is 0 Å².